The third kappa shape index (κ3) is 1.39. The van der Waals surface area contributed by atoms with Crippen molar-refractivity contribution in [3.63, 3.8) is 0 Å². The van der Waals surface area contributed by atoms with Crippen LogP contribution in [0.4, 0.5) is 0 Å². The predicted molar refractivity (Wildman–Crippen MR) is 50.6 cm³/mol. The maximum atomic E-state index is 10.1. The van der Waals surface area contributed by atoms with E-state index in [0.29, 0.717) is 0 Å². The summed E-state index contributed by atoms with van der Waals surface area (Å²) in [5.41, 5.74) is 2.21. The van der Waals surface area contributed by atoms with Gasteiger partial charge in [0.1, 0.15) is 0 Å². The van der Waals surface area contributed by atoms with E-state index < -0.39 is 0 Å². The molecule has 66 valence electrons. The van der Waals surface area contributed by atoms with Gasteiger partial charge in [0.2, 0.25) is 6.08 Å². The van der Waals surface area contributed by atoms with E-state index in [1.165, 1.54) is 0 Å². The zero-order valence-corrected chi connectivity index (χ0v) is 7.71. The van der Waals surface area contributed by atoms with Crippen LogP contribution in [-0.2, 0) is 11.2 Å². The van der Waals surface area contributed by atoms with Crippen LogP contribution < -0.4 is 0 Å². The lowest BCUT2D eigenvalue weighted by atomic mass is 10.1. The molecular weight excluding hydrogens is 186 g/mol. The Labute approximate surface area is 81.2 Å². The standard InChI is InChI=1S/C10H8ClNO/c11-9-3-1-2-8-7(9)4-5-10(8)12-6-13/h1-3,10H,4-5H2. The van der Waals surface area contributed by atoms with E-state index in [1.807, 2.05) is 18.2 Å². The van der Waals surface area contributed by atoms with Gasteiger partial charge >= 0.3 is 0 Å². The minimum atomic E-state index is -0.0220. The molecule has 1 aromatic carbocycles. The molecule has 1 atom stereocenters. The predicted octanol–water partition coefficient (Wildman–Crippen LogP) is 2.66. The Morgan fingerprint density at radius 2 is 2.38 bits per heavy atom. The number of isocyanates is 1. The summed E-state index contributed by atoms with van der Waals surface area (Å²) < 4.78 is 0. The van der Waals surface area contributed by atoms with Gasteiger partial charge in [-0.2, -0.15) is 4.99 Å². The van der Waals surface area contributed by atoms with Gasteiger partial charge in [-0.1, -0.05) is 23.7 Å². The van der Waals surface area contributed by atoms with Gasteiger partial charge in [-0.15, -0.1) is 0 Å². The summed E-state index contributed by atoms with van der Waals surface area (Å²) in [7, 11) is 0. The first-order chi connectivity index (χ1) is 6.33. The van der Waals surface area contributed by atoms with Crippen LogP contribution >= 0.6 is 11.6 Å². The Morgan fingerprint density at radius 1 is 1.54 bits per heavy atom. The van der Waals surface area contributed by atoms with Crippen molar-refractivity contribution in [1.82, 2.24) is 0 Å². The lowest BCUT2D eigenvalue weighted by Crippen LogP contribution is -1.87. The molecule has 0 spiro atoms. The molecule has 1 aliphatic carbocycles. The molecule has 0 amide bonds. The zero-order valence-electron chi connectivity index (χ0n) is 6.96. The first-order valence-electron chi connectivity index (χ1n) is 4.17. The summed E-state index contributed by atoms with van der Waals surface area (Å²) in [4.78, 5) is 13.9. The normalized spacial score (nSPS) is 19.3. The maximum absolute atomic E-state index is 10.1. The molecule has 0 saturated carbocycles. The number of fused-ring (bicyclic) bond motifs is 1. The lowest BCUT2D eigenvalue weighted by Gasteiger charge is -2.03. The van der Waals surface area contributed by atoms with E-state index in [9.17, 15) is 4.79 Å². The molecule has 0 N–H and O–H groups in total. The largest absolute Gasteiger partial charge is 0.235 e. The Kier molecular flexibility index (Phi) is 2.17. The van der Waals surface area contributed by atoms with Crippen molar-refractivity contribution in [1.29, 1.82) is 0 Å². The van der Waals surface area contributed by atoms with Crippen LogP contribution in [0.2, 0.25) is 5.02 Å². The fourth-order valence-corrected chi connectivity index (χ4v) is 2.06. The molecule has 3 heteroatoms. The Bertz CT molecular complexity index is 383. The van der Waals surface area contributed by atoms with Gasteiger partial charge in [0.05, 0.1) is 6.04 Å². The number of nitrogens with zero attached hydrogens (tertiary/aromatic N) is 1. The number of aliphatic imine (C=N–C) groups is 1. The fourth-order valence-electron chi connectivity index (χ4n) is 1.79. The molecule has 0 fully saturated rings. The van der Waals surface area contributed by atoms with Crippen LogP contribution in [0.25, 0.3) is 0 Å². The molecule has 0 radical (unpaired) electrons. The second-order valence-electron chi connectivity index (χ2n) is 3.08. The van der Waals surface area contributed by atoms with Crippen LogP contribution in [0.15, 0.2) is 23.2 Å². The number of hydrogen-bond acceptors (Lipinski definition) is 2. The summed E-state index contributed by atoms with van der Waals surface area (Å²) in [6, 6.07) is 5.71. The highest BCUT2D eigenvalue weighted by molar-refractivity contribution is 6.31. The monoisotopic (exact) mass is 193 g/mol. The summed E-state index contributed by atoms with van der Waals surface area (Å²) in [6.45, 7) is 0. The maximum Gasteiger partial charge on any atom is 0.235 e. The molecule has 13 heavy (non-hydrogen) atoms. The Hall–Kier alpha value is -1.11. The average Bonchev–Trinajstić information content (AvgIpc) is 2.51. The highest BCUT2D eigenvalue weighted by Crippen LogP contribution is 2.37. The molecule has 1 aromatic rings. The molecule has 1 aliphatic rings. The summed E-state index contributed by atoms with van der Waals surface area (Å²) in [6.07, 6.45) is 3.38. The minimum absolute atomic E-state index is 0.0220. The van der Waals surface area contributed by atoms with E-state index >= 15 is 0 Å². The molecule has 1 unspecified atom stereocenters. The van der Waals surface area contributed by atoms with Crippen LogP contribution in [-0.4, -0.2) is 6.08 Å². The van der Waals surface area contributed by atoms with Crippen LogP contribution in [0.3, 0.4) is 0 Å². The topological polar surface area (TPSA) is 29.4 Å². The third-order valence-corrected chi connectivity index (χ3v) is 2.74. The number of rotatable bonds is 1. The van der Waals surface area contributed by atoms with Crippen molar-refractivity contribution < 1.29 is 4.79 Å². The van der Waals surface area contributed by atoms with E-state index in [-0.39, 0.29) is 6.04 Å². The van der Waals surface area contributed by atoms with Crippen LogP contribution in [0.5, 0.6) is 0 Å². The van der Waals surface area contributed by atoms with Crippen LogP contribution in [0.1, 0.15) is 23.6 Å². The molecular formula is C10H8ClNO. The first-order valence-corrected chi connectivity index (χ1v) is 4.55. The summed E-state index contributed by atoms with van der Waals surface area (Å²) in [5, 5.41) is 0.779. The smallest absolute Gasteiger partial charge is 0.211 e. The van der Waals surface area contributed by atoms with E-state index in [1.54, 1.807) is 6.08 Å². The van der Waals surface area contributed by atoms with Gasteiger partial charge in [-0.3, -0.25) is 0 Å². The molecule has 2 nitrogen and oxygen atoms in total. The third-order valence-electron chi connectivity index (χ3n) is 2.39. The number of carbonyl (C=O) groups excluding carboxylic acids is 1. The highest BCUT2D eigenvalue weighted by atomic mass is 35.5. The van der Waals surface area contributed by atoms with E-state index in [0.717, 1.165) is 29.0 Å². The quantitative estimate of drug-likeness (QED) is 0.498. The Balaban J connectivity index is 2.48. The number of benzene rings is 1. The van der Waals surface area contributed by atoms with E-state index in [2.05, 4.69) is 4.99 Å². The highest BCUT2D eigenvalue weighted by Gasteiger charge is 2.23. The lowest BCUT2D eigenvalue weighted by molar-refractivity contribution is 0.557. The van der Waals surface area contributed by atoms with Gasteiger partial charge in [-0.25, -0.2) is 4.79 Å². The van der Waals surface area contributed by atoms with Crippen molar-refractivity contribution in [2.75, 3.05) is 0 Å². The molecule has 0 bridgehead atoms. The second-order valence-corrected chi connectivity index (χ2v) is 3.49. The van der Waals surface area contributed by atoms with Crippen molar-refractivity contribution in [2.45, 2.75) is 18.9 Å². The summed E-state index contributed by atoms with van der Waals surface area (Å²) >= 11 is 5.99. The van der Waals surface area contributed by atoms with Gasteiger partial charge in [0.15, 0.2) is 0 Å². The van der Waals surface area contributed by atoms with Crippen molar-refractivity contribution in [3.8, 4) is 0 Å². The molecule has 0 heterocycles. The van der Waals surface area contributed by atoms with Crippen molar-refractivity contribution in [2.24, 2.45) is 4.99 Å². The minimum Gasteiger partial charge on any atom is -0.211 e. The zero-order chi connectivity index (χ0) is 9.26. The molecule has 0 aliphatic heterocycles. The van der Waals surface area contributed by atoms with Gasteiger partial charge in [-0.05, 0) is 30.0 Å². The molecule has 0 aromatic heterocycles. The van der Waals surface area contributed by atoms with Crippen molar-refractivity contribution in [3.05, 3.63) is 34.3 Å². The number of halogens is 1. The Morgan fingerprint density at radius 3 is 3.15 bits per heavy atom. The van der Waals surface area contributed by atoms with Crippen LogP contribution in [0, 0.1) is 0 Å². The van der Waals surface area contributed by atoms with Crippen molar-refractivity contribution >= 4 is 17.7 Å². The summed E-state index contributed by atoms with van der Waals surface area (Å²) in [5.74, 6) is 0. The second kappa shape index (κ2) is 3.33. The molecule has 2 rings (SSSR count). The fraction of sp³-hybridized carbons (Fsp3) is 0.300. The average molecular weight is 194 g/mol. The van der Waals surface area contributed by atoms with Gasteiger partial charge < -0.3 is 0 Å². The van der Waals surface area contributed by atoms with Gasteiger partial charge in [0.25, 0.3) is 0 Å². The first kappa shape index (κ1) is 8.49. The number of hydrogen-bond donors (Lipinski definition) is 0. The van der Waals surface area contributed by atoms with Gasteiger partial charge in [0, 0.05) is 5.02 Å². The molecule has 0 saturated heterocycles. The SMILES string of the molecule is O=C=NC1CCc2c(Cl)cccc21. The van der Waals surface area contributed by atoms with E-state index in [4.69, 9.17) is 11.6 Å².